The van der Waals surface area contributed by atoms with E-state index in [2.05, 4.69) is 19.2 Å². The van der Waals surface area contributed by atoms with E-state index in [0.717, 1.165) is 25.7 Å². The van der Waals surface area contributed by atoms with Crippen molar-refractivity contribution in [1.29, 1.82) is 0 Å². The van der Waals surface area contributed by atoms with Gasteiger partial charge in [-0.1, -0.05) is 289 Å². The second kappa shape index (κ2) is 49.5. The molecule has 0 aromatic carbocycles. The fraction of sp³-hybridized carbons (Fsp3) is 0.943. The molecule has 0 spiro atoms. The largest absolute Gasteiger partial charge is 0.394 e. The molecule has 4 nitrogen and oxygen atoms in total. The summed E-state index contributed by atoms with van der Waals surface area (Å²) in [5.74, 6) is -0.0566. The highest BCUT2D eigenvalue weighted by molar-refractivity contribution is 5.76. The fourth-order valence-corrected chi connectivity index (χ4v) is 8.48. The third-order valence-electron chi connectivity index (χ3n) is 12.5. The Bertz CT molecular complexity index is 784. The minimum atomic E-state index is -0.834. The third kappa shape index (κ3) is 46.1. The van der Waals surface area contributed by atoms with E-state index >= 15 is 0 Å². The number of nitrogens with one attached hydrogen (secondary N) is 1. The smallest absolute Gasteiger partial charge is 0.220 e. The average Bonchev–Trinajstić information content (AvgIpc) is 3.22. The molecule has 0 aliphatic heterocycles. The van der Waals surface area contributed by atoms with Crippen molar-refractivity contribution in [3.05, 3.63) is 12.2 Å². The number of hydrogen-bond donors (Lipinski definition) is 3. The second-order valence-electron chi connectivity index (χ2n) is 18.3. The summed E-state index contributed by atoms with van der Waals surface area (Å²) in [5, 5.41) is 23.1. The Morgan fingerprint density at radius 3 is 0.912 bits per heavy atom. The monoisotopic (exact) mass is 804 g/mol. The van der Waals surface area contributed by atoms with Crippen LogP contribution in [0.4, 0.5) is 0 Å². The van der Waals surface area contributed by atoms with E-state index in [1.54, 1.807) is 6.08 Å². The van der Waals surface area contributed by atoms with Crippen LogP contribution in [0.2, 0.25) is 0 Å². The summed E-state index contributed by atoms with van der Waals surface area (Å²) >= 11 is 0. The normalized spacial score (nSPS) is 12.8. The number of rotatable bonds is 49. The first-order valence-electron chi connectivity index (χ1n) is 26.4. The number of unbranched alkanes of at least 4 members (excludes halogenated alkanes) is 42. The molecule has 2 unspecified atom stereocenters. The van der Waals surface area contributed by atoms with Crippen molar-refractivity contribution >= 4 is 5.91 Å². The van der Waals surface area contributed by atoms with Crippen LogP contribution < -0.4 is 5.32 Å². The average molecular weight is 804 g/mol. The molecular formula is C53H105NO3. The van der Waals surface area contributed by atoms with Crippen LogP contribution in [0.5, 0.6) is 0 Å². The van der Waals surface area contributed by atoms with Crippen molar-refractivity contribution in [2.24, 2.45) is 0 Å². The first-order valence-corrected chi connectivity index (χ1v) is 26.4. The van der Waals surface area contributed by atoms with Crippen molar-refractivity contribution in [3.63, 3.8) is 0 Å². The van der Waals surface area contributed by atoms with E-state index in [1.165, 1.54) is 257 Å². The number of allylic oxidation sites excluding steroid dienone is 1. The predicted molar refractivity (Wildman–Crippen MR) is 253 cm³/mol. The minimum absolute atomic E-state index is 0.0566. The lowest BCUT2D eigenvalue weighted by molar-refractivity contribution is -0.123. The summed E-state index contributed by atoms with van der Waals surface area (Å²) in [6.45, 7) is 4.35. The number of aliphatic hydroxyl groups excluding tert-OH is 2. The van der Waals surface area contributed by atoms with E-state index in [9.17, 15) is 15.0 Å². The molecule has 0 rings (SSSR count). The first kappa shape index (κ1) is 56.1. The van der Waals surface area contributed by atoms with Crippen LogP contribution in [-0.4, -0.2) is 34.9 Å². The molecule has 0 fully saturated rings. The molecule has 4 heteroatoms. The number of carbonyl (C=O) groups excluding carboxylic acids is 1. The van der Waals surface area contributed by atoms with Gasteiger partial charge < -0.3 is 15.5 Å². The Morgan fingerprint density at radius 2 is 0.649 bits per heavy atom. The fourth-order valence-electron chi connectivity index (χ4n) is 8.48. The zero-order valence-corrected chi connectivity index (χ0v) is 39.1. The molecule has 0 aliphatic carbocycles. The lowest BCUT2D eigenvalue weighted by Gasteiger charge is -2.20. The van der Waals surface area contributed by atoms with Crippen LogP contribution in [0.25, 0.3) is 0 Å². The van der Waals surface area contributed by atoms with Gasteiger partial charge in [0.15, 0.2) is 0 Å². The van der Waals surface area contributed by atoms with E-state index in [4.69, 9.17) is 0 Å². The van der Waals surface area contributed by atoms with Gasteiger partial charge in [0.2, 0.25) is 5.91 Å². The highest BCUT2D eigenvalue weighted by Crippen LogP contribution is 2.17. The van der Waals surface area contributed by atoms with Crippen molar-refractivity contribution in [3.8, 4) is 0 Å². The van der Waals surface area contributed by atoms with Crippen LogP contribution in [0, 0.1) is 0 Å². The molecule has 0 saturated heterocycles. The topological polar surface area (TPSA) is 69.6 Å². The van der Waals surface area contributed by atoms with Crippen LogP contribution in [0.1, 0.15) is 303 Å². The van der Waals surface area contributed by atoms with Gasteiger partial charge in [0, 0.05) is 6.42 Å². The molecule has 57 heavy (non-hydrogen) atoms. The molecule has 0 aliphatic rings. The molecule has 340 valence electrons. The van der Waals surface area contributed by atoms with E-state index < -0.39 is 12.1 Å². The maximum absolute atomic E-state index is 12.4. The van der Waals surface area contributed by atoms with Gasteiger partial charge in [0.25, 0.3) is 0 Å². The zero-order valence-electron chi connectivity index (χ0n) is 39.1. The Morgan fingerprint density at radius 1 is 0.404 bits per heavy atom. The molecule has 2 atom stereocenters. The van der Waals surface area contributed by atoms with Crippen molar-refractivity contribution in [2.45, 2.75) is 315 Å². The maximum Gasteiger partial charge on any atom is 0.220 e. The minimum Gasteiger partial charge on any atom is -0.394 e. The van der Waals surface area contributed by atoms with Crippen molar-refractivity contribution in [1.82, 2.24) is 5.32 Å². The predicted octanol–water partition coefficient (Wildman–Crippen LogP) is 17.0. The van der Waals surface area contributed by atoms with Gasteiger partial charge in [-0.2, -0.15) is 0 Å². The standard InChI is InChI=1S/C53H105NO3/c1-3-5-7-9-11-13-15-17-19-21-23-24-25-26-27-28-29-30-31-33-35-37-39-41-43-45-47-49-53(57)54-51(50-55)52(56)48-46-44-42-40-38-36-34-32-22-20-18-16-14-12-10-8-6-4-2/h46,48,51-52,55-56H,3-45,47,49-50H2,1-2H3,(H,54,57)/b48-46+. The lowest BCUT2D eigenvalue weighted by Crippen LogP contribution is -2.45. The number of carbonyl (C=O) groups is 1. The van der Waals surface area contributed by atoms with Crippen molar-refractivity contribution in [2.75, 3.05) is 6.61 Å². The van der Waals surface area contributed by atoms with Gasteiger partial charge in [0.1, 0.15) is 0 Å². The number of amides is 1. The van der Waals surface area contributed by atoms with Gasteiger partial charge in [-0.25, -0.2) is 0 Å². The number of aliphatic hydroxyl groups is 2. The van der Waals surface area contributed by atoms with Gasteiger partial charge >= 0.3 is 0 Å². The molecule has 0 radical (unpaired) electrons. The van der Waals surface area contributed by atoms with E-state index in [-0.39, 0.29) is 12.5 Å². The maximum atomic E-state index is 12.4. The van der Waals surface area contributed by atoms with Crippen LogP contribution in [0.15, 0.2) is 12.2 Å². The van der Waals surface area contributed by atoms with Gasteiger partial charge in [-0.3, -0.25) is 4.79 Å². The molecule has 0 aromatic heterocycles. The summed E-state index contributed by atoms with van der Waals surface area (Å²) in [6, 6.07) is -0.617. The van der Waals surface area contributed by atoms with Crippen molar-refractivity contribution < 1.29 is 15.0 Å². The van der Waals surface area contributed by atoms with E-state index in [1.807, 2.05) is 6.08 Å². The Kier molecular flexibility index (Phi) is 48.7. The molecule has 0 bridgehead atoms. The summed E-state index contributed by atoms with van der Waals surface area (Å²) in [4.78, 5) is 12.4. The van der Waals surface area contributed by atoms with Crippen LogP contribution in [-0.2, 0) is 4.79 Å². The summed E-state index contributed by atoms with van der Waals surface area (Å²) in [7, 11) is 0. The second-order valence-corrected chi connectivity index (χ2v) is 18.3. The third-order valence-corrected chi connectivity index (χ3v) is 12.5. The molecular weight excluding hydrogens is 699 g/mol. The molecule has 1 amide bonds. The Labute approximate surface area is 358 Å². The molecule has 0 aromatic rings. The quantitative estimate of drug-likeness (QED) is 0.0424. The number of hydrogen-bond acceptors (Lipinski definition) is 3. The molecule has 3 N–H and O–H groups in total. The SMILES string of the molecule is CCCCCCCCCCCCCCCCCC/C=C/C(O)C(CO)NC(=O)CCCCCCCCCCCCCCCCCCCCCCCCCCCCC. The van der Waals surface area contributed by atoms with Crippen LogP contribution >= 0.6 is 0 Å². The highest BCUT2D eigenvalue weighted by atomic mass is 16.3. The summed E-state index contributed by atoms with van der Waals surface area (Å²) in [6.07, 6.45) is 63.6. The van der Waals surface area contributed by atoms with Gasteiger partial charge in [-0.15, -0.1) is 0 Å². The summed E-state index contributed by atoms with van der Waals surface area (Å²) < 4.78 is 0. The van der Waals surface area contributed by atoms with Crippen LogP contribution in [0.3, 0.4) is 0 Å². The van der Waals surface area contributed by atoms with E-state index in [0.29, 0.717) is 6.42 Å². The van der Waals surface area contributed by atoms with Gasteiger partial charge in [0.05, 0.1) is 18.8 Å². The highest BCUT2D eigenvalue weighted by Gasteiger charge is 2.18. The lowest BCUT2D eigenvalue weighted by atomic mass is 10.0. The Hall–Kier alpha value is -0.870. The summed E-state index contributed by atoms with van der Waals surface area (Å²) in [5.41, 5.74) is 0. The molecule has 0 heterocycles. The molecule has 0 saturated carbocycles. The van der Waals surface area contributed by atoms with Gasteiger partial charge in [-0.05, 0) is 19.3 Å². The first-order chi connectivity index (χ1) is 28.2. The Balaban J connectivity index is 3.44. The zero-order chi connectivity index (χ0) is 41.4.